The minimum atomic E-state index is 0.866. The van der Waals surface area contributed by atoms with Crippen LogP contribution in [0.1, 0.15) is 68.8 Å². The minimum Gasteiger partial charge on any atom is -0.311 e. The van der Waals surface area contributed by atoms with E-state index in [-0.39, 0.29) is 0 Å². The second-order valence-electron chi connectivity index (χ2n) is 4.74. The number of hydrogen-bond donors (Lipinski definition) is 1. The molecule has 0 aliphatic heterocycles. The molecule has 1 aromatic rings. The molecule has 0 aliphatic rings. The van der Waals surface area contributed by atoms with Crippen molar-refractivity contribution in [1.82, 2.24) is 15.5 Å². The number of unbranched alkanes of at least 4 members (excludes halogenated alkanes) is 6. The predicted molar refractivity (Wildman–Crippen MR) is 79.0 cm³/mol. The molecule has 0 saturated heterocycles. The molecule has 0 atom stereocenters. The summed E-state index contributed by atoms with van der Waals surface area (Å²) in [6.07, 6.45) is 10.6. The van der Waals surface area contributed by atoms with E-state index in [9.17, 15) is 0 Å². The molecule has 1 aromatic heterocycles. The summed E-state index contributed by atoms with van der Waals surface area (Å²) in [6, 6.07) is 0. The van der Waals surface area contributed by atoms with Crippen LogP contribution in [0.15, 0.2) is 0 Å². The number of nitrogens with one attached hydrogen (secondary N) is 1. The summed E-state index contributed by atoms with van der Waals surface area (Å²) in [5, 5.41) is 14.1. The van der Waals surface area contributed by atoms with Gasteiger partial charge in [0.05, 0.1) is 0 Å². The molecule has 3 nitrogen and oxygen atoms in total. The van der Waals surface area contributed by atoms with Gasteiger partial charge >= 0.3 is 0 Å². The number of aromatic nitrogens is 2. The van der Waals surface area contributed by atoms with Crippen LogP contribution in [-0.4, -0.2) is 16.7 Å². The molecule has 18 heavy (non-hydrogen) atoms. The van der Waals surface area contributed by atoms with Crippen molar-refractivity contribution >= 4 is 11.3 Å². The SMILES string of the molecule is CCCCCCCCCc1nnc(CNCC)s1. The van der Waals surface area contributed by atoms with Gasteiger partial charge in [-0.25, -0.2) is 0 Å². The van der Waals surface area contributed by atoms with Gasteiger partial charge in [0.15, 0.2) is 0 Å². The molecule has 0 fully saturated rings. The van der Waals surface area contributed by atoms with E-state index in [0.717, 1.165) is 24.5 Å². The smallest absolute Gasteiger partial charge is 0.131 e. The van der Waals surface area contributed by atoms with Gasteiger partial charge in [-0.3, -0.25) is 0 Å². The highest BCUT2D eigenvalue weighted by Gasteiger charge is 2.03. The van der Waals surface area contributed by atoms with Crippen molar-refractivity contribution in [3.63, 3.8) is 0 Å². The quantitative estimate of drug-likeness (QED) is 0.618. The van der Waals surface area contributed by atoms with E-state index >= 15 is 0 Å². The third-order valence-corrected chi connectivity index (χ3v) is 4.01. The average Bonchev–Trinajstić information content (AvgIpc) is 2.83. The molecule has 0 spiro atoms. The summed E-state index contributed by atoms with van der Waals surface area (Å²) in [4.78, 5) is 0. The van der Waals surface area contributed by atoms with Crippen LogP contribution in [-0.2, 0) is 13.0 Å². The van der Waals surface area contributed by atoms with Crippen LogP contribution >= 0.6 is 11.3 Å². The Bertz CT molecular complexity index is 299. The fourth-order valence-electron chi connectivity index (χ4n) is 1.93. The predicted octanol–water partition coefficient (Wildman–Crippen LogP) is 3.94. The third kappa shape index (κ3) is 7.07. The Morgan fingerprint density at radius 2 is 1.56 bits per heavy atom. The van der Waals surface area contributed by atoms with Gasteiger partial charge < -0.3 is 5.32 Å². The lowest BCUT2D eigenvalue weighted by atomic mass is 10.1. The van der Waals surface area contributed by atoms with E-state index in [1.54, 1.807) is 11.3 Å². The lowest BCUT2D eigenvalue weighted by Gasteiger charge is -1.99. The highest BCUT2D eigenvalue weighted by molar-refractivity contribution is 7.11. The fourth-order valence-corrected chi connectivity index (χ4v) is 2.78. The Labute approximate surface area is 115 Å². The lowest BCUT2D eigenvalue weighted by Crippen LogP contribution is -2.11. The molecule has 104 valence electrons. The molecular weight excluding hydrogens is 242 g/mol. The standard InChI is InChI=1S/C14H27N3S/c1-3-5-6-7-8-9-10-11-13-16-17-14(18-13)12-15-4-2/h15H,3-12H2,1-2H3. The zero-order valence-electron chi connectivity index (χ0n) is 11.9. The van der Waals surface area contributed by atoms with E-state index in [4.69, 9.17) is 0 Å². The normalized spacial score (nSPS) is 11.0. The van der Waals surface area contributed by atoms with Gasteiger partial charge in [0, 0.05) is 13.0 Å². The highest BCUT2D eigenvalue weighted by Crippen LogP contribution is 2.14. The number of rotatable bonds is 11. The lowest BCUT2D eigenvalue weighted by molar-refractivity contribution is 0.588. The molecule has 0 radical (unpaired) electrons. The maximum absolute atomic E-state index is 4.24. The van der Waals surface area contributed by atoms with Crippen molar-refractivity contribution in [2.24, 2.45) is 0 Å². The second-order valence-corrected chi connectivity index (χ2v) is 5.89. The maximum atomic E-state index is 4.24. The van der Waals surface area contributed by atoms with Crippen molar-refractivity contribution in [3.8, 4) is 0 Å². The fraction of sp³-hybridized carbons (Fsp3) is 0.857. The van der Waals surface area contributed by atoms with Crippen LogP contribution in [0.5, 0.6) is 0 Å². The molecule has 0 aliphatic carbocycles. The van der Waals surface area contributed by atoms with Gasteiger partial charge in [0.1, 0.15) is 10.0 Å². The van der Waals surface area contributed by atoms with Crippen LogP contribution in [0.2, 0.25) is 0 Å². The largest absolute Gasteiger partial charge is 0.311 e. The van der Waals surface area contributed by atoms with Crippen LogP contribution in [0.4, 0.5) is 0 Å². The maximum Gasteiger partial charge on any atom is 0.131 e. The van der Waals surface area contributed by atoms with E-state index < -0.39 is 0 Å². The molecule has 4 heteroatoms. The first-order valence-electron chi connectivity index (χ1n) is 7.38. The topological polar surface area (TPSA) is 37.8 Å². The first-order valence-corrected chi connectivity index (χ1v) is 8.20. The van der Waals surface area contributed by atoms with Gasteiger partial charge in [-0.05, 0) is 13.0 Å². The van der Waals surface area contributed by atoms with Crippen molar-refractivity contribution in [3.05, 3.63) is 10.0 Å². The molecule has 0 bridgehead atoms. The summed E-state index contributed by atoms with van der Waals surface area (Å²) >= 11 is 1.76. The second kappa shape index (κ2) is 10.4. The number of aryl methyl sites for hydroxylation is 1. The zero-order valence-corrected chi connectivity index (χ0v) is 12.7. The summed E-state index contributed by atoms with van der Waals surface area (Å²) in [7, 11) is 0. The van der Waals surface area contributed by atoms with Gasteiger partial charge in [-0.15, -0.1) is 21.5 Å². The van der Waals surface area contributed by atoms with Crippen LogP contribution in [0, 0.1) is 0 Å². The van der Waals surface area contributed by atoms with Crippen molar-refractivity contribution in [1.29, 1.82) is 0 Å². The molecule has 0 amide bonds. The van der Waals surface area contributed by atoms with Crippen LogP contribution < -0.4 is 5.32 Å². The summed E-state index contributed by atoms with van der Waals surface area (Å²) in [5.74, 6) is 0. The summed E-state index contributed by atoms with van der Waals surface area (Å²) < 4.78 is 0. The first kappa shape index (κ1) is 15.6. The molecular formula is C14H27N3S. The van der Waals surface area contributed by atoms with Gasteiger partial charge in [0.25, 0.3) is 0 Å². The van der Waals surface area contributed by atoms with E-state index in [0.29, 0.717) is 0 Å². The molecule has 0 unspecified atom stereocenters. The van der Waals surface area contributed by atoms with Crippen molar-refractivity contribution < 1.29 is 0 Å². The molecule has 1 N–H and O–H groups in total. The van der Waals surface area contributed by atoms with Crippen molar-refractivity contribution in [2.45, 2.75) is 71.8 Å². The third-order valence-electron chi connectivity index (χ3n) is 3.03. The van der Waals surface area contributed by atoms with Crippen LogP contribution in [0.3, 0.4) is 0 Å². The van der Waals surface area contributed by atoms with E-state index in [2.05, 4.69) is 29.4 Å². The minimum absolute atomic E-state index is 0.866. The van der Waals surface area contributed by atoms with Crippen LogP contribution in [0.25, 0.3) is 0 Å². The summed E-state index contributed by atoms with van der Waals surface area (Å²) in [6.45, 7) is 6.23. The molecule has 1 heterocycles. The molecule has 1 rings (SSSR count). The monoisotopic (exact) mass is 269 g/mol. The van der Waals surface area contributed by atoms with Gasteiger partial charge in [0.2, 0.25) is 0 Å². The Kier molecular flexibility index (Phi) is 9.04. The molecule has 0 aromatic carbocycles. The summed E-state index contributed by atoms with van der Waals surface area (Å²) in [5.41, 5.74) is 0. The van der Waals surface area contributed by atoms with E-state index in [1.165, 1.54) is 50.0 Å². The van der Waals surface area contributed by atoms with Gasteiger partial charge in [-0.2, -0.15) is 0 Å². The average molecular weight is 269 g/mol. The first-order chi connectivity index (χ1) is 8.86. The Morgan fingerprint density at radius 3 is 2.28 bits per heavy atom. The zero-order chi connectivity index (χ0) is 13.1. The van der Waals surface area contributed by atoms with Crippen molar-refractivity contribution in [2.75, 3.05) is 6.54 Å². The number of hydrogen-bond acceptors (Lipinski definition) is 4. The Hall–Kier alpha value is -0.480. The van der Waals surface area contributed by atoms with Gasteiger partial charge in [-0.1, -0.05) is 52.4 Å². The van der Waals surface area contributed by atoms with E-state index in [1.807, 2.05) is 0 Å². The Morgan fingerprint density at radius 1 is 0.889 bits per heavy atom. The molecule has 0 saturated carbocycles. The Balaban J connectivity index is 2.03. The number of nitrogens with zero attached hydrogens (tertiary/aromatic N) is 2. The highest BCUT2D eigenvalue weighted by atomic mass is 32.1.